The second-order valence-corrected chi connectivity index (χ2v) is 9.28. The summed E-state index contributed by atoms with van der Waals surface area (Å²) in [6, 6.07) is 14.5. The normalized spacial score (nSPS) is 18.2. The van der Waals surface area contributed by atoms with Crippen molar-refractivity contribution in [2.24, 2.45) is 5.92 Å². The number of hydrogen-bond acceptors (Lipinski definition) is 3. The van der Waals surface area contributed by atoms with Gasteiger partial charge in [0.25, 0.3) is 0 Å². The van der Waals surface area contributed by atoms with E-state index in [1.807, 2.05) is 31.2 Å². The van der Waals surface area contributed by atoms with E-state index in [1.54, 1.807) is 24.3 Å². The van der Waals surface area contributed by atoms with Crippen molar-refractivity contribution in [3.63, 3.8) is 0 Å². The maximum atomic E-state index is 12.8. The molecule has 2 aromatic rings. The molecule has 5 nitrogen and oxygen atoms in total. The van der Waals surface area contributed by atoms with Crippen molar-refractivity contribution in [1.82, 2.24) is 4.31 Å². The van der Waals surface area contributed by atoms with Gasteiger partial charge in [0.05, 0.1) is 11.7 Å². The summed E-state index contributed by atoms with van der Waals surface area (Å²) in [5, 5.41) is 3.34. The second kappa shape index (κ2) is 8.42. The molecular weight excluding hydrogens is 384 g/mol. The first-order valence-corrected chi connectivity index (χ1v) is 10.9. The third-order valence-electron chi connectivity index (χ3n) is 4.73. The third kappa shape index (κ3) is 5.09. The van der Waals surface area contributed by atoms with Crippen LogP contribution < -0.4 is 5.32 Å². The number of carbonyl (C=O) groups excluding carboxylic acids is 1. The number of piperidine rings is 1. The van der Waals surface area contributed by atoms with Crippen LogP contribution in [0.25, 0.3) is 0 Å². The fourth-order valence-electron chi connectivity index (χ4n) is 3.28. The fraction of sp³-hybridized carbons (Fsp3) is 0.350. The van der Waals surface area contributed by atoms with Crippen molar-refractivity contribution >= 4 is 33.2 Å². The smallest absolute Gasteiger partial charge is 0.228 e. The van der Waals surface area contributed by atoms with Gasteiger partial charge in [-0.1, -0.05) is 41.9 Å². The average Bonchev–Trinajstić information content (AvgIpc) is 2.64. The first-order valence-electron chi connectivity index (χ1n) is 8.94. The Morgan fingerprint density at radius 3 is 2.74 bits per heavy atom. The van der Waals surface area contributed by atoms with Crippen molar-refractivity contribution in [1.29, 1.82) is 0 Å². The second-order valence-electron chi connectivity index (χ2n) is 6.90. The highest BCUT2D eigenvalue weighted by Crippen LogP contribution is 2.25. The van der Waals surface area contributed by atoms with E-state index in [4.69, 9.17) is 11.6 Å². The number of benzene rings is 2. The van der Waals surface area contributed by atoms with Gasteiger partial charge in [0.15, 0.2) is 0 Å². The van der Waals surface area contributed by atoms with E-state index >= 15 is 0 Å². The van der Waals surface area contributed by atoms with Crippen LogP contribution in [0.2, 0.25) is 5.02 Å². The third-order valence-corrected chi connectivity index (χ3v) is 6.89. The lowest BCUT2D eigenvalue weighted by atomic mass is 9.98. The van der Waals surface area contributed by atoms with Crippen LogP contribution in [-0.4, -0.2) is 31.7 Å². The largest absolute Gasteiger partial charge is 0.326 e. The van der Waals surface area contributed by atoms with Gasteiger partial charge in [0, 0.05) is 23.8 Å². The molecule has 7 heteroatoms. The average molecular weight is 407 g/mol. The molecule has 144 valence electrons. The molecule has 3 rings (SSSR count). The van der Waals surface area contributed by atoms with E-state index in [1.165, 1.54) is 4.31 Å². The highest BCUT2D eigenvalue weighted by atomic mass is 35.5. The molecule has 0 radical (unpaired) electrons. The Kier molecular flexibility index (Phi) is 6.19. The number of nitrogens with one attached hydrogen (secondary N) is 1. The van der Waals surface area contributed by atoms with E-state index in [9.17, 15) is 13.2 Å². The maximum Gasteiger partial charge on any atom is 0.228 e. The molecule has 2 aromatic carbocycles. The van der Waals surface area contributed by atoms with Gasteiger partial charge in [0.2, 0.25) is 15.9 Å². The molecule has 1 aliphatic heterocycles. The number of hydrogen-bond donors (Lipinski definition) is 1. The van der Waals surface area contributed by atoms with Crippen molar-refractivity contribution in [2.45, 2.75) is 25.5 Å². The Balaban J connectivity index is 1.68. The molecule has 1 fully saturated rings. The van der Waals surface area contributed by atoms with Crippen LogP contribution in [0.15, 0.2) is 48.5 Å². The van der Waals surface area contributed by atoms with Crippen LogP contribution in [0.1, 0.15) is 24.0 Å². The molecule has 1 aliphatic rings. The van der Waals surface area contributed by atoms with Crippen LogP contribution in [0.5, 0.6) is 0 Å². The quantitative estimate of drug-likeness (QED) is 0.820. The number of aryl methyl sites for hydroxylation is 1. The van der Waals surface area contributed by atoms with Crippen molar-refractivity contribution < 1.29 is 13.2 Å². The topological polar surface area (TPSA) is 66.5 Å². The highest BCUT2D eigenvalue weighted by Gasteiger charge is 2.32. The van der Waals surface area contributed by atoms with E-state index in [0.29, 0.717) is 30.0 Å². The highest BCUT2D eigenvalue weighted by molar-refractivity contribution is 7.88. The van der Waals surface area contributed by atoms with Crippen LogP contribution in [0.4, 0.5) is 5.69 Å². The van der Waals surface area contributed by atoms with Crippen molar-refractivity contribution in [3.8, 4) is 0 Å². The Labute approximate surface area is 165 Å². The molecule has 27 heavy (non-hydrogen) atoms. The molecule has 1 atom stereocenters. The Hall–Kier alpha value is -1.89. The maximum absolute atomic E-state index is 12.8. The SMILES string of the molecule is Cc1cccc(NC(=O)C2CCCN(S(=O)(=O)Cc3ccccc3Cl)C2)c1. The molecule has 1 unspecified atom stereocenters. The van der Waals surface area contributed by atoms with Gasteiger partial charge < -0.3 is 5.32 Å². The Morgan fingerprint density at radius 1 is 1.22 bits per heavy atom. The predicted molar refractivity (Wildman–Crippen MR) is 108 cm³/mol. The lowest BCUT2D eigenvalue weighted by Gasteiger charge is -2.31. The minimum absolute atomic E-state index is 0.141. The Bertz CT molecular complexity index is 930. The number of rotatable bonds is 5. The fourth-order valence-corrected chi connectivity index (χ4v) is 5.20. The summed E-state index contributed by atoms with van der Waals surface area (Å²) in [6.07, 6.45) is 1.34. The van der Waals surface area contributed by atoms with Crippen molar-refractivity contribution in [3.05, 3.63) is 64.7 Å². The molecule has 0 aliphatic carbocycles. The molecule has 1 saturated heterocycles. The molecule has 0 spiro atoms. The zero-order chi connectivity index (χ0) is 19.4. The summed E-state index contributed by atoms with van der Waals surface area (Å²) < 4.78 is 27.0. The molecule has 0 aromatic heterocycles. The van der Waals surface area contributed by atoms with Crippen LogP contribution in [0, 0.1) is 12.8 Å². The molecule has 0 bridgehead atoms. The summed E-state index contributed by atoms with van der Waals surface area (Å²) in [7, 11) is -3.54. The minimum atomic E-state index is -3.54. The minimum Gasteiger partial charge on any atom is -0.326 e. The number of anilines is 1. The standard InChI is InChI=1S/C20H23ClN2O3S/c1-15-6-4-9-18(12-15)22-20(24)16-8-5-11-23(13-16)27(25,26)14-17-7-2-3-10-19(17)21/h2-4,6-7,9-10,12,16H,5,8,11,13-14H2,1H3,(H,22,24). The van der Waals surface area contributed by atoms with Gasteiger partial charge in [0.1, 0.15) is 0 Å². The summed E-state index contributed by atoms with van der Waals surface area (Å²) >= 11 is 6.10. The molecular formula is C20H23ClN2O3S. The van der Waals surface area contributed by atoms with Gasteiger partial charge >= 0.3 is 0 Å². The molecule has 1 heterocycles. The van der Waals surface area contributed by atoms with Gasteiger partial charge in [-0.05, 0) is 49.1 Å². The van der Waals surface area contributed by atoms with E-state index in [-0.39, 0.29) is 24.1 Å². The summed E-state index contributed by atoms with van der Waals surface area (Å²) in [5.74, 6) is -0.655. The zero-order valence-corrected chi connectivity index (χ0v) is 16.8. The summed E-state index contributed by atoms with van der Waals surface area (Å²) in [4.78, 5) is 12.6. The molecule has 0 saturated carbocycles. The first kappa shape index (κ1) is 19.9. The predicted octanol–water partition coefficient (Wildman–Crippen LogP) is 3.83. The van der Waals surface area contributed by atoms with E-state index in [0.717, 1.165) is 11.3 Å². The number of halogens is 1. The monoisotopic (exact) mass is 406 g/mol. The number of amides is 1. The number of carbonyl (C=O) groups is 1. The van der Waals surface area contributed by atoms with Crippen LogP contribution in [-0.2, 0) is 20.6 Å². The number of sulfonamides is 1. The summed E-state index contributed by atoms with van der Waals surface area (Å²) in [5.41, 5.74) is 2.36. The lowest BCUT2D eigenvalue weighted by molar-refractivity contribution is -0.120. The van der Waals surface area contributed by atoms with Crippen molar-refractivity contribution in [2.75, 3.05) is 18.4 Å². The van der Waals surface area contributed by atoms with E-state index < -0.39 is 10.0 Å². The molecule has 1 N–H and O–H groups in total. The van der Waals surface area contributed by atoms with Gasteiger partial charge in [-0.3, -0.25) is 4.79 Å². The van der Waals surface area contributed by atoms with Gasteiger partial charge in [-0.25, -0.2) is 12.7 Å². The van der Waals surface area contributed by atoms with Gasteiger partial charge in [-0.15, -0.1) is 0 Å². The number of nitrogens with zero attached hydrogens (tertiary/aromatic N) is 1. The van der Waals surface area contributed by atoms with E-state index in [2.05, 4.69) is 5.32 Å². The van der Waals surface area contributed by atoms with Crippen LogP contribution >= 0.6 is 11.6 Å². The Morgan fingerprint density at radius 2 is 2.00 bits per heavy atom. The molecule has 1 amide bonds. The van der Waals surface area contributed by atoms with Gasteiger partial charge in [-0.2, -0.15) is 0 Å². The van der Waals surface area contributed by atoms with Crippen LogP contribution in [0.3, 0.4) is 0 Å². The summed E-state index contributed by atoms with van der Waals surface area (Å²) in [6.45, 7) is 2.59. The first-order chi connectivity index (χ1) is 12.8. The lowest BCUT2D eigenvalue weighted by Crippen LogP contribution is -2.44. The zero-order valence-electron chi connectivity index (χ0n) is 15.2.